The second-order valence-corrected chi connectivity index (χ2v) is 6.08. The highest BCUT2D eigenvalue weighted by molar-refractivity contribution is 7.89. The van der Waals surface area contributed by atoms with E-state index >= 15 is 0 Å². The SMILES string of the molecule is CN1C2CCC1CC(S(N)(=O)=O)C2. The molecular weight excluding hydrogens is 188 g/mol. The van der Waals surface area contributed by atoms with E-state index in [1.165, 1.54) is 0 Å². The van der Waals surface area contributed by atoms with Gasteiger partial charge >= 0.3 is 0 Å². The van der Waals surface area contributed by atoms with Crippen LogP contribution < -0.4 is 5.14 Å². The van der Waals surface area contributed by atoms with Crippen LogP contribution in [0.5, 0.6) is 0 Å². The number of piperidine rings is 1. The van der Waals surface area contributed by atoms with Gasteiger partial charge in [0.15, 0.2) is 0 Å². The molecule has 76 valence electrons. The smallest absolute Gasteiger partial charge is 0.212 e. The first-order chi connectivity index (χ1) is 5.98. The Kier molecular flexibility index (Phi) is 2.13. The zero-order valence-electron chi connectivity index (χ0n) is 7.81. The molecule has 2 atom stereocenters. The summed E-state index contributed by atoms with van der Waals surface area (Å²) in [5, 5.41) is 4.87. The Labute approximate surface area is 79.1 Å². The van der Waals surface area contributed by atoms with E-state index in [0.717, 1.165) is 25.7 Å². The van der Waals surface area contributed by atoms with Crippen LogP contribution >= 0.6 is 0 Å². The average Bonchev–Trinajstić information content (AvgIpc) is 2.29. The van der Waals surface area contributed by atoms with Crippen molar-refractivity contribution in [3.05, 3.63) is 0 Å². The van der Waals surface area contributed by atoms with Crippen LogP contribution in [0.15, 0.2) is 0 Å². The number of primary sulfonamides is 1. The summed E-state index contributed by atoms with van der Waals surface area (Å²) < 4.78 is 22.3. The topological polar surface area (TPSA) is 63.4 Å². The molecule has 0 spiro atoms. The number of sulfonamides is 1. The van der Waals surface area contributed by atoms with Gasteiger partial charge in [-0.05, 0) is 32.7 Å². The molecule has 2 unspecified atom stereocenters. The third-order valence-corrected chi connectivity index (χ3v) is 4.83. The summed E-state index contributed by atoms with van der Waals surface area (Å²) in [5.41, 5.74) is 0. The lowest BCUT2D eigenvalue weighted by atomic mass is 10.0. The maximum atomic E-state index is 11.2. The highest BCUT2D eigenvalue weighted by Gasteiger charge is 2.41. The average molecular weight is 204 g/mol. The van der Waals surface area contributed by atoms with Crippen LogP contribution in [0, 0.1) is 0 Å². The fourth-order valence-electron chi connectivity index (χ4n) is 2.63. The largest absolute Gasteiger partial charge is 0.300 e. The molecule has 0 amide bonds. The molecule has 0 aromatic heterocycles. The molecular formula is C8H16N2O2S. The number of nitrogens with zero attached hydrogens (tertiary/aromatic N) is 1. The zero-order valence-corrected chi connectivity index (χ0v) is 8.63. The van der Waals surface area contributed by atoms with E-state index in [0.29, 0.717) is 12.1 Å². The monoisotopic (exact) mass is 204 g/mol. The van der Waals surface area contributed by atoms with E-state index in [1.54, 1.807) is 0 Å². The van der Waals surface area contributed by atoms with Gasteiger partial charge in [0.2, 0.25) is 10.0 Å². The number of hydrogen-bond donors (Lipinski definition) is 1. The molecule has 2 aliphatic heterocycles. The first kappa shape index (κ1) is 9.43. The molecule has 0 aromatic carbocycles. The van der Waals surface area contributed by atoms with E-state index in [4.69, 9.17) is 5.14 Å². The van der Waals surface area contributed by atoms with Crippen LogP contribution in [0.2, 0.25) is 0 Å². The highest BCUT2D eigenvalue weighted by Crippen LogP contribution is 2.36. The summed E-state index contributed by atoms with van der Waals surface area (Å²) >= 11 is 0. The normalized spacial score (nSPS) is 40.9. The van der Waals surface area contributed by atoms with Crippen molar-refractivity contribution in [2.75, 3.05) is 7.05 Å². The lowest BCUT2D eigenvalue weighted by molar-refractivity contribution is 0.180. The summed E-state index contributed by atoms with van der Waals surface area (Å²) in [6.07, 6.45) is 3.72. The molecule has 0 radical (unpaired) electrons. The zero-order chi connectivity index (χ0) is 9.64. The van der Waals surface area contributed by atoms with Gasteiger partial charge in [0.25, 0.3) is 0 Å². The van der Waals surface area contributed by atoms with Gasteiger partial charge in [-0.2, -0.15) is 0 Å². The number of fused-ring (bicyclic) bond motifs is 2. The van der Waals surface area contributed by atoms with Crippen molar-refractivity contribution in [3.63, 3.8) is 0 Å². The molecule has 2 heterocycles. The van der Waals surface area contributed by atoms with Gasteiger partial charge in [0.05, 0.1) is 5.25 Å². The van der Waals surface area contributed by atoms with Crippen LogP contribution in [0.25, 0.3) is 0 Å². The van der Waals surface area contributed by atoms with Gasteiger partial charge in [-0.15, -0.1) is 0 Å². The number of rotatable bonds is 1. The number of hydrogen-bond acceptors (Lipinski definition) is 3. The Morgan fingerprint density at radius 2 is 1.69 bits per heavy atom. The van der Waals surface area contributed by atoms with Crippen LogP contribution in [0.4, 0.5) is 0 Å². The predicted molar refractivity (Wildman–Crippen MR) is 50.7 cm³/mol. The summed E-state index contributed by atoms with van der Waals surface area (Å²) in [6.45, 7) is 0. The fourth-order valence-corrected chi connectivity index (χ4v) is 3.61. The van der Waals surface area contributed by atoms with E-state index in [1.807, 2.05) is 0 Å². The van der Waals surface area contributed by atoms with Crippen LogP contribution in [0.3, 0.4) is 0 Å². The second kappa shape index (κ2) is 2.93. The van der Waals surface area contributed by atoms with Gasteiger partial charge in [0.1, 0.15) is 0 Å². The maximum absolute atomic E-state index is 11.2. The highest BCUT2D eigenvalue weighted by atomic mass is 32.2. The molecule has 0 aromatic rings. The van der Waals surface area contributed by atoms with Gasteiger partial charge < -0.3 is 4.90 Å². The molecule has 2 saturated heterocycles. The summed E-state index contributed by atoms with van der Waals surface area (Å²) in [5.74, 6) is 0. The van der Waals surface area contributed by atoms with Crippen molar-refractivity contribution in [1.82, 2.24) is 4.90 Å². The van der Waals surface area contributed by atoms with Crippen molar-refractivity contribution < 1.29 is 8.42 Å². The molecule has 2 fully saturated rings. The minimum atomic E-state index is -3.30. The van der Waals surface area contributed by atoms with Crippen molar-refractivity contribution in [2.24, 2.45) is 5.14 Å². The van der Waals surface area contributed by atoms with E-state index in [2.05, 4.69) is 11.9 Å². The molecule has 4 nitrogen and oxygen atoms in total. The van der Waals surface area contributed by atoms with Gasteiger partial charge in [0, 0.05) is 12.1 Å². The van der Waals surface area contributed by atoms with Gasteiger partial charge in [-0.25, -0.2) is 13.6 Å². The lowest BCUT2D eigenvalue weighted by Gasteiger charge is -2.35. The van der Waals surface area contributed by atoms with Crippen molar-refractivity contribution in [3.8, 4) is 0 Å². The molecule has 2 aliphatic rings. The molecule has 0 aliphatic carbocycles. The van der Waals surface area contributed by atoms with Crippen LogP contribution in [0.1, 0.15) is 25.7 Å². The standard InChI is InChI=1S/C8H16N2O2S/c1-10-6-2-3-7(10)5-8(4-6)13(9,11)12/h6-8H,2-5H2,1H3,(H2,9,11,12). The third kappa shape index (κ3) is 1.60. The summed E-state index contributed by atoms with van der Waals surface area (Å²) in [7, 11) is -1.22. The Morgan fingerprint density at radius 1 is 1.23 bits per heavy atom. The Balaban J connectivity index is 2.16. The fraction of sp³-hybridized carbons (Fsp3) is 1.00. The Bertz CT molecular complexity index is 287. The molecule has 13 heavy (non-hydrogen) atoms. The van der Waals surface area contributed by atoms with Crippen molar-refractivity contribution in [1.29, 1.82) is 0 Å². The summed E-state index contributed by atoms with van der Waals surface area (Å²) in [4.78, 5) is 2.31. The lowest BCUT2D eigenvalue weighted by Crippen LogP contribution is -2.46. The van der Waals surface area contributed by atoms with Crippen LogP contribution in [-0.4, -0.2) is 37.7 Å². The first-order valence-corrected chi connectivity index (χ1v) is 6.33. The first-order valence-electron chi connectivity index (χ1n) is 4.72. The minimum Gasteiger partial charge on any atom is -0.300 e. The van der Waals surface area contributed by atoms with Gasteiger partial charge in [-0.1, -0.05) is 0 Å². The van der Waals surface area contributed by atoms with Crippen molar-refractivity contribution >= 4 is 10.0 Å². The minimum absolute atomic E-state index is 0.291. The van der Waals surface area contributed by atoms with E-state index in [-0.39, 0.29) is 5.25 Å². The van der Waals surface area contributed by atoms with Crippen molar-refractivity contribution in [2.45, 2.75) is 43.0 Å². The molecule has 2 N–H and O–H groups in total. The third-order valence-electron chi connectivity index (χ3n) is 3.52. The summed E-state index contributed by atoms with van der Waals surface area (Å²) in [6, 6.07) is 0.893. The van der Waals surface area contributed by atoms with E-state index in [9.17, 15) is 8.42 Å². The Hall–Kier alpha value is -0.130. The van der Waals surface area contributed by atoms with Gasteiger partial charge in [-0.3, -0.25) is 0 Å². The number of nitrogens with two attached hydrogens (primary N) is 1. The second-order valence-electron chi connectivity index (χ2n) is 4.23. The molecule has 2 rings (SSSR count). The quantitative estimate of drug-likeness (QED) is 0.648. The van der Waals surface area contributed by atoms with Crippen LogP contribution in [-0.2, 0) is 10.0 Å². The maximum Gasteiger partial charge on any atom is 0.212 e. The molecule has 0 saturated carbocycles. The van der Waals surface area contributed by atoms with E-state index < -0.39 is 10.0 Å². The molecule has 5 heteroatoms. The Morgan fingerprint density at radius 3 is 2.08 bits per heavy atom. The predicted octanol–water partition coefficient (Wildman–Crippen LogP) is -0.0999. The molecule has 2 bridgehead atoms.